The van der Waals surface area contributed by atoms with Gasteiger partial charge < -0.3 is 10.6 Å². The molecule has 1 aliphatic carbocycles. The fourth-order valence-electron chi connectivity index (χ4n) is 1.43. The first-order valence-electron chi connectivity index (χ1n) is 4.87. The Balaban J connectivity index is 2.27. The summed E-state index contributed by atoms with van der Waals surface area (Å²) in [6.45, 7) is 0.0789. The Morgan fingerprint density at radius 2 is 2.21 bits per heavy atom. The molecular weight excluding hydrogens is 180 g/mol. The van der Waals surface area contributed by atoms with Gasteiger partial charge in [-0.3, -0.25) is 9.59 Å². The van der Waals surface area contributed by atoms with Crippen LogP contribution in [0.5, 0.6) is 0 Å². The molecule has 0 aromatic heterocycles. The molecule has 0 spiro atoms. The van der Waals surface area contributed by atoms with E-state index in [0.29, 0.717) is 0 Å². The van der Waals surface area contributed by atoms with Crippen molar-refractivity contribution in [2.24, 2.45) is 5.92 Å². The van der Waals surface area contributed by atoms with Gasteiger partial charge in [0.25, 0.3) is 0 Å². The number of nitrogens with one attached hydrogen (secondary N) is 2. The van der Waals surface area contributed by atoms with Gasteiger partial charge in [0.2, 0.25) is 11.8 Å². The van der Waals surface area contributed by atoms with Crippen molar-refractivity contribution in [3.05, 3.63) is 12.2 Å². The van der Waals surface area contributed by atoms with Crippen LogP contribution in [0, 0.1) is 5.92 Å². The Morgan fingerprint density at radius 3 is 2.79 bits per heavy atom. The predicted molar refractivity (Wildman–Crippen MR) is 53.6 cm³/mol. The van der Waals surface area contributed by atoms with Gasteiger partial charge in [0.15, 0.2) is 0 Å². The van der Waals surface area contributed by atoms with Gasteiger partial charge in [0, 0.05) is 13.0 Å². The molecule has 2 N–H and O–H groups in total. The second kappa shape index (κ2) is 5.42. The highest BCUT2D eigenvalue weighted by Crippen LogP contribution is 2.17. The van der Waals surface area contributed by atoms with E-state index in [1.807, 2.05) is 6.08 Å². The lowest BCUT2D eigenvalue weighted by Crippen LogP contribution is -2.38. The third-order valence-corrected chi connectivity index (χ3v) is 2.34. The summed E-state index contributed by atoms with van der Waals surface area (Å²) in [5.74, 6) is -0.132. The molecule has 4 heteroatoms. The Kier molecular flexibility index (Phi) is 4.16. The van der Waals surface area contributed by atoms with Gasteiger partial charge in [0.05, 0.1) is 6.54 Å². The molecule has 0 saturated carbocycles. The van der Waals surface area contributed by atoms with Gasteiger partial charge in [-0.15, -0.1) is 0 Å². The lowest BCUT2D eigenvalue weighted by atomic mass is 9.94. The summed E-state index contributed by atoms with van der Waals surface area (Å²) in [6.07, 6.45) is 6.74. The number of hydrogen-bond acceptors (Lipinski definition) is 2. The van der Waals surface area contributed by atoms with Crippen molar-refractivity contribution in [2.75, 3.05) is 13.6 Å². The van der Waals surface area contributed by atoms with E-state index in [1.54, 1.807) is 7.05 Å². The zero-order valence-corrected chi connectivity index (χ0v) is 8.38. The third-order valence-electron chi connectivity index (χ3n) is 2.34. The van der Waals surface area contributed by atoms with Crippen molar-refractivity contribution >= 4 is 11.8 Å². The second-order valence-electron chi connectivity index (χ2n) is 3.37. The molecule has 0 aliphatic heterocycles. The molecule has 0 bridgehead atoms. The highest BCUT2D eigenvalue weighted by atomic mass is 16.2. The number of amides is 2. The molecular formula is C10H16N2O2. The summed E-state index contributed by atoms with van der Waals surface area (Å²) in [4.78, 5) is 22.4. The number of likely N-dealkylation sites (N-methyl/N-ethyl adjacent to an activating group) is 1. The summed E-state index contributed by atoms with van der Waals surface area (Å²) >= 11 is 0. The number of allylic oxidation sites excluding steroid dienone is 2. The van der Waals surface area contributed by atoms with Crippen LogP contribution >= 0.6 is 0 Å². The average Bonchev–Trinajstić information content (AvgIpc) is 2.26. The Labute approximate surface area is 83.8 Å². The molecule has 0 aromatic carbocycles. The van der Waals surface area contributed by atoms with Crippen LogP contribution in [-0.4, -0.2) is 25.4 Å². The van der Waals surface area contributed by atoms with Crippen LogP contribution in [0.2, 0.25) is 0 Å². The number of rotatable bonds is 3. The maximum atomic E-state index is 11.5. The van der Waals surface area contributed by atoms with Crippen LogP contribution in [-0.2, 0) is 9.59 Å². The summed E-state index contributed by atoms with van der Waals surface area (Å²) in [5, 5.41) is 5.07. The molecule has 1 rings (SSSR count). The van der Waals surface area contributed by atoms with Crippen molar-refractivity contribution in [1.29, 1.82) is 0 Å². The fourth-order valence-corrected chi connectivity index (χ4v) is 1.43. The molecule has 0 heterocycles. The van der Waals surface area contributed by atoms with Crippen LogP contribution < -0.4 is 10.6 Å². The fraction of sp³-hybridized carbons (Fsp3) is 0.600. The van der Waals surface area contributed by atoms with Gasteiger partial charge >= 0.3 is 0 Å². The topological polar surface area (TPSA) is 58.2 Å². The highest BCUT2D eigenvalue weighted by molar-refractivity contribution is 5.85. The summed E-state index contributed by atoms with van der Waals surface area (Å²) in [7, 11) is 1.55. The van der Waals surface area contributed by atoms with Crippen LogP contribution in [0.4, 0.5) is 0 Å². The molecule has 0 saturated heterocycles. The van der Waals surface area contributed by atoms with E-state index in [1.165, 1.54) is 0 Å². The third kappa shape index (κ3) is 3.20. The molecule has 1 aliphatic rings. The van der Waals surface area contributed by atoms with Crippen molar-refractivity contribution < 1.29 is 9.59 Å². The normalized spacial score (nSPS) is 20.2. The van der Waals surface area contributed by atoms with Crippen LogP contribution in [0.3, 0.4) is 0 Å². The van der Waals surface area contributed by atoms with E-state index in [4.69, 9.17) is 0 Å². The number of carbonyl (C=O) groups is 2. The first-order valence-corrected chi connectivity index (χ1v) is 4.87. The molecule has 1 unspecified atom stereocenters. The minimum atomic E-state index is -0.162. The Morgan fingerprint density at radius 1 is 1.43 bits per heavy atom. The van der Waals surface area contributed by atoms with E-state index >= 15 is 0 Å². The van der Waals surface area contributed by atoms with E-state index in [9.17, 15) is 9.59 Å². The van der Waals surface area contributed by atoms with E-state index in [0.717, 1.165) is 19.3 Å². The van der Waals surface area contributed by atoms with E-state index < -0.39 is 0 Å². The van der Waals surface area contributed by atoms with Gasteiger partial charge in [-0.05, 0) is 19.3 Å². The summed E-state index contributed by atoms with van der Waals surface area (Å²) in [6, 6.07) is 0. The molecule has 0 fully saturated rings. The van der Waals surface area contributed by atoms with Gasteiger partial charge in [-0.25, -0.2) is 0 Å². The zero-order valence-electron chi connectivity index (χ0n) is 8.38. The molecule has 78 valence electrons. The van der Waals surface area contributed by atoms with Gasteiger partial charge in [-0.2, -0.15) is 0 Å². The van der Waals surface area contributed by atoms with Gasteiger partial charge in [0.1, 0.15) is 0 Å². The summed E-state index contributed by atoms with van der Waals surface area (Å²) in [5.41, 5.74) is 0. The monoisotopic (exact) mass is 196 g/mol. The minimum absolute atomic E-state index is 0.0158. The van der Waals surface area contributed by atoms with Gasteiger partial charge in [-0.1, -0.05) is 12.2 Å². The second-order valence-corrected chi connectivity index (χ2v) is 3.37. The van der Waals surface area contributed by atoms with Crippen LogP contribution in [0.1, 0.15) is 19.3 Å². The smallest absolute Gasteiger partial charge is 0.239 e. The Hall–Kier alpha value is -1.32. The number of hydrogen-bond donors (Lipinski definition) is 2. The molecule has 0 aromatic rings. The Bertz CT molecular complexity index is 249. The van der Waals surface area contributed by atoms with Crippen LogP contribution in [0.25, 0.3) is 0 Å². The first kappa shape index (κ1) is 10.8. The molecule has 1 atom stereocenters. The lowest BCUT2D eigenvalue weighted by molar-refractivity contribution is -0.128. The van der Waals surface area contributed by atoms with Crippen molar-refractivity contribution in [3.8, 4) is 0 Å². The first-order chi connectivity index (χ1) is 6.74. The lowest BCUT2D eigenvalue weighted by Gasteiger charge is -2.16. The predicted octanol–water partition coefficient (Wildman–Crippen LogP) is 0.205. The van der Waals surface area contributed by atoms with E-state index in [2.05, 4.69) is 16.7 Å². The minimum Gasteiger partial charge on any atom is -0.358 e. The molecule has 0 radical (unpaired) electrons. The maximum Gasteiger partial charge on any atom is 0.239 e. The SMILES string of the molecule is CNC(=O)CNC(=O)C1CC=CCC1. The average molecular weight is 196 g/mol. The summed E-state index contributed by atoms with van der Waals surface area (Å²) < 4.78 is 0. The van der Waals surface area contributed by atoms with Crippen molar-refractivity contribution in [1.82, 2.24) is 10.6 Å². The van der Waals surface area contributed by atoms with Crippen molar-refractivity contribution in [2.45, 2.75) is 19.3 Å². The largest absolute Gasteiger partial charge is 0.358 e. The quantitative estimate of drug-likeness (QED) is 0.634. The van der Waals surface area contributed by atoms with Crippen molar-refractivity contribution in [3.63, 3.8) is 0 Å². The highest BCUT2D eigenvalue weighted by Gasteiger charge is 2.18. The van der Waals surface area contributed by atoms with E-state index in [-0.39, 0.29) is 24.3 Å². The number of carbonyl (C=O) groups excluding carboxylic acids is 2. The van der Waals surface area contributed by atoms with Crippen LogP contribution in [0.15, 0.2) is 12.2 Å². The zero-order chi connectivity index (χ0) is 10.4. The molecule has 14 heavy (non-hydrogen) atoms. The molecule has 4 nitrogen and oxygen atoms in total. The molecule has 2 amide bonds. The standard InChI is InChI=1S/C10H16N2O2/c1-11-9(13)7-12-10(14)8-5-3-2-4-6-8/h2-3,8H,4-7H2,1H3,(H,11,13)(H,12,14). The maximum absolute atomic E-state index is 11.5.